The van der Waals surface area contributed by atoms with E-state index in [9.17, 15) is 0 Å². The van der Waals surface area contributed by atoms with Crippen molar-refractivity contribution in [1.29, 1.82) is 0 Å². The second-order valence-corrected chi connectivity index (χ2v) is 6.17. The maximum Gasteiger partial charge on any atom is 0.0722 e. The Hall–Kier alpha value is -1.52. The van der Waals surface area contributed by atoms with Crippen molar-refractivity contribution in [2.45, 2.75) is 20.8 Å². The van der Waals surface area contributed by atoms with Gasteiger partial charge < -0.3 is 11.1 Å². The summed E-state index contributed by atoms with van der Waals surface area (Å²) in [6.45, 7) is 6.61. The Labute approximate surface area is 144 Å². The molecule has 1 unspecified atom stereocenters. The molecule has 4 heteroatoms. The van der Waals surface area contributed by atoms with E-state index in [0.717, 1.165) is 21.0 Å². The minimum absolute atomic E-state index is 0.0449. The molecule has 1 rings (SSSR count). The predicted molar refractivity (Wildman–Crippen MR) is 105 cm³/mol. The monoisotopic (exact) mass is 332 g/mol. The molecule has 0 bridgehead atoms. The highest BCUT2D eigenvalue weighted by molar-refractivity contribution is 7.84. The molecule has 0 saturated heterocycles. The molecule has 2 nitrogen and oxygen atoms in total. The van der Waals surface area contributed by atoms with Gasteiger partial charge in [-0.1, -0.05) is 54.7 Å². The molecule has 0 fully saturated rings. The third-order valence-electron chi connectivity index (χ3n) is 3.38. The van der Waals surface area contributed by atoms with E-state index >= 15 is 0 Å². The van der Waals surface area contributed by atoms with Crippen molar-refractivity contribution in [3.63, 3.8) is 0 Å². The standard InChI is InChI=1S/C18H24N2S2/c1-4-5-10-18(22)17(12-20-14(3)21)16(11-19)15-9-7-6-8-13(15)2/h4-11,17,22H,12,19H2,1-3H3,(H,20,21)/b5-4-,16-11+,18-10-. The third-order valence-corrected chi connectivity index (χ3v) is 3.99. The second kappa shape index (κ2) is 9.49. The number of thiocarbonyl (C=S) groups is 1. The molecule has 0 aliphatic rings. The number of rotatable bonds is 6. The predicted octanol–water partition coefficient (Wildman–Crippen LogP) is 4.24. The van der Waals surface area contributed by atoms with Gasteiger partial charge in [0.1, 0.15) is 0 Å². The summed E-state index contributed by atoms with van der Waals surface area (Å²) >= 11 is 9.80. The molecule has 0 spiro atoms. The van der Waals surface area contributed by atoms with Gasteiger partial charge in [-0.15, -0.1) is 12.6 Å². The summed E-state index contributed by atoms with van der Waals surface area (Å²) in [6.07, 6.45) is 7.62. The van der Waals surface area contributed by atoms with Crippen molar-refractivity contribution in [2.24, 2.45) is 11.7 Å². The molecular formula is C18H24N2S2. The van der Waals surface area contributed by atoms with Gasteiger partial charge in [0.15, 0.2) is 0 Å². The van der Waals surface area contributed by atoms with Crippen LogP contribution in [0.5, 0.6) is 0 Å². The van der Waals surface area contributed by atoms with Crippen LogP contribution in [0.4, 0.5) is 0 Å². The van der Waals surface area contributed by atoms with Gasteiger partial charge >= 0.3 is 0 Å². The Kier molecular flexibility index (Phi) is 7.99. The summed E-state index contributed by atoms with van der Waals surface area (Å²) < 4.78 is 0. The average molecular weight is 333 g/mol. The van der Waals surface area contributed by atoms with Gasteiger partial charge in [0, 0.05) is 12.5 Å². The number of thiol groups is 1. The third kappa shape index (κ3) is 5.35. The Morgan fingerprint density at radius 3 is 2.64 bits per heavy atom. The lowest BCUT2D eigenvalue weighted by atomic mass is 9.89. The first-order valence-corrected chi connectivity index (χ1v) is 8.10. The Balaban J connectivity index is 3.22. The fraction of sp³-hybridized carbons (Fsp3) is 0.278. The van der Waals surface area contributed by atoms with Crippen LogP contribution in [0.15, 0.2) is 53.6 Å². The minimum atomic E-state index is 0.0449. The van der Waals surface area contributed by atoms with E-state index < -0.39 is 0 Å². The molecule has 1 aromatic carbocycles. The van der Waals surface area contributed by atoms with Crippen molar-refractivity contribution in [3.8, 4) is 0 Å². The van der Waals surface area contributed by atoms with Crippen molar-refractivity contribution in [3.05, 3.63) is 64.7 Å². The SMILES string of the molecule is C/C=C\C=C(/S)C(CNC(C)=S)/C(=C/N)c1ccccc1C. The zero-order valence-electron chi connectivity index (χ0n) is 13.3. The number of aryl methyl sites for hydroxylation is 1. The molecule has 118 valence electrons. The number of hydrogen-bond acceptors (Lipinski definition) is 3. The fourth-order valence-electron chi connectivity index (χ4n) is 2.22. The van der Waals surface area contributed by atoms with E-state index in [-0.39, 0.29) is 5.92 Å². The average Bonchev–Trinajstić information content (AvgIpc) is 2.50. The van der Waals surface area contributed by atoms with Crippen LogP contribution in [-0.2, 0) is 0 Å². The molecule has 0 aliphatic carbocycles. The molecule has 1 atom stereocenters. The van der Waals surface area contributed by atoms with Crippen LogP contribution in [-0.4, -0.2) is 11.5 Å². The fourth-order valence-corrected chi connectivity index (χ4v) is 2.62. The van der Waals surface area contributed by atoms with Crippen LogP contribution >= 0.6 is 24.8 Å². The van der Waals surface area contributed by atoms with Crippen LogP contribution in [0.25, 0.3) is 5.57 Å². The van der Waals surface area contributed by atoms with Crippen LogP contribution in [0.3, 0.4) is 0 Å². The lowest BCUT2D eigenvalue weighted by molar-refractivity contribution is 0.762. The van der Waals surface area contributed by atoms with Crippen LogP contribution in [0.2, 0.25) is 0 Å². The van der Waals surface area contributed by atoms with Crippen LogP contribution in [0.1, 0.15) is 25.0 Å². The van der Waals surface area contributed by atoms with E-state index in [2.05, 4.69) is 37.0 Å². The summed E-state index contributed by atoms with van der Waals surface area (Å²) in [4.78, 5) is 1.71. The van der Waals surface area contributed by atoms with Gasteiger partial charge in [-0.2, -0.15) is 0 Å². The van der Waals surface area contributed by atoms with Gasteiger partial charge in [0.25, 0.3) is 0 Å². The maximum atomic E-state index is 5.95. The van der Waals surface area contributed by atoms with E-state index in [1.165, 1.54) is 5.56 Å². The summed E-state index contributed by atoms with van der Waals surface area (Å²) in [5.74, 6) is 0.0449. The largest absolute Gasteiger partial charge is 0.404 e. The summed E-state index contributed by atoms with van der Waals surface area (Å²) in [5.41, 5.74) is 9.32. The maximum absolute atomic E-state index is 5.95. The topological polar surface area (TPSA) is 38.0 Å². The number of nitrogens with two attached hydrogens (primary N) is 1. The van der Waals surface area contributed by atoms with E-state index in [1.54, 1.807) is 6.20 Å². The second-order valence-electron chi connectivity index (χ2n) is 5.04. The van der Waals surface area contributed by atoms with Gasteiger partial charge in [-0.25, -0.2) is 0 Å². The molecular weight excluding hydrogens is 308 g/mol. The molecule has 22 heavy (non-hydrogen) atoms. The quantitative estimate of drug-likeness (QED) is 0.414. The molecule has 0 aliphatic heterocycles. The minimum Gasteiger partial charge on any atom is -0.404 e. The van der Waals surface area contributed by atoms with Crippen LogP contribution in [0, 0.1) is 12.8 Å². The Bertz CT molecular complexity index is 601. The van der Waals surface area contributed by atoms with Gasteiger partial charge in [-0.3, -0.25) is 0 Å². The summed E-state index contributed by atoms with van der Waals surface area (Å²) in [5, 5.41) is 3.23. The first-order valence-electron chi connectivity index (χ1n) is 7.25. The smallest absolute Gasteiger partial charge is 0.0722 e. The van der Waals surface area contributed by atoms with Crippen molar-refractivity contribution < 1.29 is 0 Å². The van der Waals surface area contributed by atoms with Crippen molar-refractivity contribution in [2.75, 3.05) is 6.54 Å². The highest BCUT2D eigenvalue weighted by Crippen LogP contribution is 2.32. The van der Waals surface area contributed by atoms with Gasteiger partial charge in [0.05, 0.1) is 4.99 Å². The van der Waals surface area contributed by atoms with E-state index in [4.69, 9.17) is 18.0 Å². The van der Waals surface area contributed by atoms with Crippen molar-refractivity contribution in [1.82, 2.24) is 5.32 Å². The van der Waals surface area contributed by atoms with Crippen LogP contribution < -0.4 is 11.1 Å². The molecule has 1 aromatic rings. The molecule has 0 radical (unpaired) electrons. The Morgan fingerprint density at radius 2 is 2.09 bits per heavy atom. The number of nitrogens with one attached hydrogen (secondary N) is 1. The number of benzene rings is 1. The van der Waals surface area contributed by atoms with E-state index in [1.807, 2.05) is 44.2 Å². The lowest BCUT2D eigenvalue weighted by Gasteiger charge is -2.23. The molecule has 0 aromatic heterocycles. The first kappa shape index (κ1) is 18.5. The lowest BCUT2D eigenvalue weighted by Crippen LogP contribution is -2.27. The highest BCUT2D eigenvalue weighted by Gasteiger charge is 2.19. The summed E-state index contributed by atoms with van der Waals surface area (Å²) in [6, 6.07) is 8.22. The van der Waals surface area contributed by atoms with Crippen molar-refractivity contribution >= 4 is 35.4 Å². The van der Waals surface area contributed by atoms with E-state index in [0.29, 0.717) is 6.54 Å². The normalized spacial score (nSPS) is 14.2. The number of hydrogen-bond donors (Lipinski definition) is 3. The summed E-state index contributed by atoms with van der Waals surface area (Å²) in [7, 11) is 0. The molecule has 0 amide bonds. The zero-order chi connectivity index (χ0) is 16.5. The van der Waals surface area contributed by atoms with Gasteiger partial charge in [-0.05, 0) is 48.6 Å². The molecule has 0 heterocycles. The highest BCUT2D eigenvalue weighted by atomic mass is 32.1. The molecule has 3 N–H and O–H groups in total. The zero-order valence-corrected chi connectivity index (χ0v) is 15.0. The van der Waals surface area contributed by atoms with Gasteiger partial charge in [0.2, 0.25) is 0 Å². The Morgan fingerprint density at radius 1 is 1.41 bits per heavy atom. The number of allylic oxidation sites excluding steroid dienone is 3. The first-order chi connectivity index (χ1) is 10.5. The molecule has 0 saturated carbocycles.